The summed E-state index contributed by atoms with van der Waals surface area (Å²) in [4.78, 5) is 24.8. The van der Waals surface area contributed by atoms with Crippen LogP contribution in [0.15, 0.2) is 33.3 Å². The second kappa shape index (κ2) is 8.23. The number of halogens is 3. The molecule has 0 saturated heterocycles. The molecular weight excluding hydrogens is 547 g/mol. The van der Waals surface area contributed by atoms with Gasteiger partial charge in [-0.05, 0) is 88.2 Å². The van der Waals surface area contributed by atoms with E-state index >= 15 is 0 Å². The first-order chi connectivity index (χ1) is 19.8. The van der Waals surface area contributed by atoms with E-state index in [1.54, 1.807) is 0 Å². The number of aromatic nitrogens is 4. The third kappa shape index (κ3) is 3.90. The van der Waals surface area contributed by atoms with Gasteiger partial charge in [-0.1, -0.05) is 29.4 Å². The Bertz CT molecular complexity index is 1540. The molecule has 0 spiro atoms. The van der Waals surface area contributed by atoms with E-state index in [1.807, 2.05) is 29.2 Å². The first-order valence-corrected chi connectivity index (χ1v) is 15.0. The van der Waals surface area contributed by atoms with Gasteiger partial charge >= 0.3 is 5.92 Å². The molecule has 2 aromatic heterocycles. The first kappa shape index (κ1) is 26.4. The summed E-state index contributed by atoms with van der Waals surface area (Å²) in [5.41, 5.74) is -0.847. The zero-order valence-corrected chi connectivity index (χ0v) is 23.9. The zero-order valence-electron chi connectivity index (χ0n) is 23.9. The van der Waals surface area contributed by atoms with Crippen LogP contribution in [0.25, 0.3) is 11.4 Å². The molecule has 7 saturated carbocycles. The van der Waals surface area contributed by atoms with Crippen LogP contribution in [0.3, 0.4) is 0 Å². The van der Waals surface area contributed by atoms with Gasteiger partial charge in [-0.25, -0.2) is 4.39 Å². The maximum atomic E-state index is 14.6. The Morgan fingerprint density at radius 3 is 2.26 bits per heavy atom. The Balaban J connectivity index is 1.07. The average molecular weight is 582 g/mol. The molecule has 0 N–H and O–H groups in total. The van der Waals surface area contributed by atoms with Gasteiger partial charge < -0.3 is 13.9 Å². The Morgan fingerprint density at radius 1 is 0.976 bits per heavy atom. The van der Waals surface area contributed by atoms with Crippen LogP contribution in [0.1, 0.15) is 102 Å². The van der Waals surface area contributed by atoms with Crippen molar-refractivity contribution in [2.45, 2.75) is 107 Å². The van der Waals surface area contributed by atoms with Crippen LogP contribution in [-0.4, -0.2) is 38.4 Å². The molecule has 0 radical (unpaired) electrons. The number of fused-ring (bicyclic) bond motifs is 3. The van der Waals surface area contributed by atoms with Crippen molar-refractivity contribution in [2.24, 2.45) is 10.8 Å². The van der Waals surface area contributed by atoms with Crippen molar-refractivity contribution < 1.29 is 27.0 Å². The lowest BCUT2D eigenvalue weighted by atomic mass is 9.41. The van der Waals surface area contributed by atoms with Gasteiger partial charge in [-0.2, -0.15) is 18.7 Å². The van der Waals surface area contributed by atoms with Gasteiger partial charge in [0, 0.05) is 35.5 Å². The Kier molecular flexibility index (Phi) is 5.17. The van der Waals surface area contributed by atoms with Crippen molar-refractivity contribution in [2.75, 3.05) is 11.4 Å². The van der Waals surface area contributed by atoms with E-state index in [2.05, 4.69) is 27.2 Å². The molecule has 7 aliphatic rings. The molecule has 8 nitrogen and oxygen atoms in total. The van der Waals surface area contributed by atoms with E-state index in [4.69, 9.17) is 9.05 Å². The highest BCUT2D eigenvalue weighted by atomic mass is 19.3. The molecule has 11 heteroatoms. The van der Waals surface area contributed by atoms with Crippen LogP contribution in [0.4, 0.5) is 18.9 Å². The van der Waals surface area contributed by atoms with Crippen LogP contribution >= 0.6 is 0 Å². The van der Waals surface area contributed by atoms with Gasteiger partial charge in [-0.3, -0.25) is 4.79 Å². The fourth-order valence-corrected chi connectivity index (χ4v) is 8.05. The van der Waals surface area contributed by atoms with E-state index in [1.165, 1.54) is 0 Å². The third-order valence-electron chi connectivity index (χ3n) is 11.2. The minimum absolute atomic E-state index is 0.0109. The summed E-state index contributed by atoms with van der Waals surface area (Å²) in [5.74, 6) is -2.33. The second-order valence-electron chi connectivity index (χ2n) is 14.5. The van der Waals surface area contributed by atoms with Gasteiger partial charge in [0.05, 0.1) is 5.41 Å². The largest absolute Gasteiger partial charge is 0.338 e. The molecule has 1 aromatic carbocycles. The summed E-state index contributed by atoms with van der Waals surface area (Å²) in [5, 5.41) is 8.20. The minimum Gasteiger partial charge on any atom is -0.338 e. The van der Waals surface area contributed by atoms with Crippen molar-refractivity contribution >= 4 is 11.6 Å². The Labute approximate surface area is 241 Å². The summed E-state index contributed by atoms with van der Waals surface area (Å²) in [6, 6.07) is 7.69. The van der Waals surface area contributed by atoms with Gasteiger partial charge in [0.1, 0.15) is 5.67 Å². The van der Waals surface area contributed by atoms with E-state index in [0.29, 0.717) is 43.3 Å². The number of alkyl halides is 3. The standard InChI is InChI=1S/C31H34F3N5O3/c1-26(6-7-26)23-35-21(37-41-23)19-4-3-5-20(14-19)39(25(40)30-15-31(34,16-30)17-30)18-28-8-11-29(12-9-28,13-10-28)22-36-24(42-38-22)27(2,32)33/h3-5,14H,6-13,15-18H2,1-2H3. The number of carbonyl (C=O) groups is 1. The molecule has 10 rings (SSSR count). The lowest BCUT2D eigenvalue weighted by Crippen LogP contribution is -2.71. The first-order valence-electron chi connectivity index (χ1n) is 15.0. The summed E-state index contributed by atoms with van der Waals surface area (Å²) < 4.78 is 52.7. The molecule has 7 aliphatic carbocycles. The third-order valence-corrected chi connectivity index (χ3v) is 11.2. The quantitative estimate of drug-likeness (QED) is 0.289. The minimum atomic E-state index is -3.18. The number of amides is 1. The van der Waals surface area contributed by atoms with Gasteiger partial charge in [0.2, 0.25) is 17.6 Å². The fourth-order valence-electron chi connectivity index (χ4n) is 8.05. The Morgan fingerprint density at radius 2 is 1.67 bits per heavy atom. The lowest BCUT2D eigenvalue weighted by molar-refractivity contribution is -0.211. The van der Waals surface area contributed by atoms with Crippen LogP contribution in [0.5, 0.6) is 0 Å². The highest BCUT2D eigenvalue weighted by molar-refractivity contribution is 6.00. The number of rotatable bonds is 8. The van der Waals surface area contributed by atoms with Crippen LogP contribution in [0.2, 0.25) is 0 Å². The Hall–Kier alpha value is -3.24. The molecule has 222 valence electrons. The van der Waals surface area contributed by atoms with Crippen molar-refractivity contribution in [3.63, 3.8) is 0 Å². The molecule has 4 bridgehead atoms. The number of hydrogen-bond donors (Lipinski definition) is 0. The van der Waals surface area contributed by atoms with Crippen molar-refractivity contribution in [1.82, 2.24) is 20.3 Å². The summed E-state index contributed by atoms with van der Waals surface area (Å²) in [7, 11) is 0. The topological polar surface area (TPSA) is 98.2 Å². The molecule has 2 heterocycles. The maximum absolute atomic E-state index is 14.6. The molecule has 0 unspecified atom stereocenters. The number of nitrogens with zero attached hydrogens (tertiary/aromatic N) is 5. The molecular formula is C31H34F3N5O3. The maximum Gasteiger partial charge on any atom is 0.322 e. The average Bonchev–Trinajstić information content (AvgIpc) is 3.35. The SMILES string of the molecule is CC(F)(F)c1nc(C23CCC(CN(C(=O)C45CC(F)(C4)C5)c4cccc(-c5noc(C6(C)CC6)n5)c4)(CC2)CC3)no1. The highest BCUT2D eigenvalue weighted by Crippen LogP contribution is 2.70. The van der Waals surface area contributed by atoms with Crippen molar-refractivity contribution in [3.8, 4) is 11.4 Å². The molecule has 7 fully saturated rings. The molecule has 0 aliphatic heterocycles. The molecule has 0 atom stereocenters. The highest BCUT2D eigenvalue weighted by Gasteiger charge is 2.73. The van der Waals surface area contributed by atoms with E-state index in [0.717, 1.165) is 69.5 Å². The fraction of sp³-hybridized carbons (Fsp3) is 0.645. The zero-order chi connectivity index (χ0) is 29.2. The summed E-state index contributed by atoms with van der Waals surface area (Å²) >= 11 is 0. The number of hydrogen-bond acceptors (Lipinski definition) is 7. The monoisotopic (exact) mass is 581 g/mol. The summed E-state index contributed by atoms with van der Waals surface area (Å²) in [6.45, 7) is 3.39. The van der Waals surface area contributed by atoms with Crippen molar-refractivity contribution in [1.29, 1.82) is 0 Å². The lowest BCUT2D eigenvalue weighted by Gasteiger charge is -2.65. The molecule has 1 amide bonds. The van der Waals surface area contributed by atoms with E-state index < -0.39 is 22.9 Å². The van der Waals surface area contributed by atoms with Crippen LogP contribution in [0, 0.1) is 10.8 Å². The molecule has 3 aromatic rings. The number of anilines is 1. The predicted octanol–water partition coefficient (Wildman–Crippen LogP) is 6.80. The van der Waals surface area contributed by atoms with Gasteiger partial charge in [0.15, 0.2) is 5.82 Å². The van der Waals surface area contributed by atoms with E-state index in [9.17, 15) is 18.0 Å². The smallest absolute Gasteiger partial charge is 0.322 e. The van der Waals surface area contributed by atoms with Crippen LogP contribution in [-0.2, 0) is 21.5 Å². The van der Waals surface area contributed by atoms with E-state index in [-0.39, 0.29) is 22.2 Å². The number of benzene rings is 1. The van der Waals surface area contributed by atoms with Gasteiger partial charge in [-0.15, -0.1) is 0 Å². The predicted molar refractivity (Wildman–Crippen MR) is 144 cm³/mol. The molecule has 42 heavy (non-hydrogen) atoms. The van der Waals surface area contributed by atoms with Crippen LogP contribution < -0.4 is 4.90 Å². The van der Waals surface area contributed by atoms with Crippen molar-refractivity contribution in [3.05, 3.63) is 41.9 Å². The normalized spacial score (nSPS) is 34.0. The second-order valence-corrected chi connectivity index (χ2v) is 14.5. The summed E-state index contributed by atoms with van der Waals surface area (Å²) in [6.07, 6.45) is 7.60. The number of carbonyl (C=O) groups excluding carboxylic acids is 1. The van der Waals surface area contributed by atoms with Gasteiger partial charge in [0.25, 0.3) is 5.89 Å².